The van der Waals surface area contributed by atoms with Gasteiger partial charge in [-0.2, -0.15) is 5.10 Å². The molecule has 0 atom stereocenters. The van der Waals surface area contributed by atoms with Gasteiger partial charge in [-0.05, 0) is 15.9 Å². The van der Waals surface area contributed by atoms with Crippen LogP contribution in [0.5, 0.6) is 0 Å². The number of hydrogen-bond donors (Lipinski definition) is 1. The van der Waals surface area contributed by atoms with E-state index < -0.39 is 0 Å². The minimum absolute atomic E-state index is 0.0502. The number of methoxy groups -OCH3 is 1. The van der Waals surface area contributed by atoms with E-state index in [4.69, 9.17) is 10.5 Å². The SMILES string of the molecule is COCCn1ncc(Br)c1C(=O)Cc1csc(N)n1. The van der Waals surface area contributed by atoms with Gasteiger partial charge in [-0.15, -0.1) is 11.3 Å². The molecule has 0 spiro atoms. The summed E-state index contributed by atoms with van der Waals surface area (Å²) in [7, 11) is 1.61. The molecule has 0 aliphatic carbocycles. The molecule has 19 heavy (non-hydrogen) atoms. The second kappa shape index (κ2) is 6.27. The average molecular weight is 345 g/mol. The van der Waals surface area contributed by atoms with Crippen molar-refractivity contribution in [1.82, 2.24) is 14.8 Å². The van der Waals surface area contributed by atoms with E-state index in [9.17, 15) is 4.79 Å². The molecule has 2 rings (SSSR count). The van der Waals surface area contributed by atoms with Crippen LogP contribution in [0.1, 0.15) is 16.2 Å². The summed E-state index contributed by atoms with van der Waals surface area (Å²) >= 11 is 4.67. The Morgan fingerprint density at radius 1 is 1.63 bits per heavy atom. The maximum Gasteiger partial charge on any atom is 0.187 e. The Bertz CT molecular complexity index is 581. The number of carbonyl (C=O) groups is 1. The lowest BCUT2D eigenvalue weighted by atomic mass is 10.2. The number of nitrogens with zero attached hydrogens (tertiary/aromatic N) is 3. The van der Waals surface area contributed by atoms with Crippen molar-refractivity contribution in [2.75, 3.05) is 19.5 Å². The molecular formula is C11H13BrN4O2S. The second-order valence-corrected chi connectivity index (χ2v) is 5.58. The van der Waals surface area contributed by atoms with E-state index in [0.717, 1.165) is 0 Å². The van der Waals surface area contributed by atoms with Crippen LogP contribution in [0.4, 0.5) is 5.13 Å². The molecule has 0 radical (unpaired) electrons. The van der Waals surface area contributed by atoms with Gasteiger partial charge in [-0.1, -0.05) is 0 Å². The van der Waals surface area contributed by atoms with Gasteiger partial charge >= 0.3 is 0 Å². The highest BCUT2D eigenvalue weighted by Gasteiger charge is 2.18. The number of ketones is 1. The van der Waals surface area contributed by atoms with Crippen LogP contribution in [0, 0.1) is 0 Å². The first-order valence-electron chi connectivity index (χ1n) is 5.55. The molecule has 0 aliphatic heterocycles. The van der Waals surface area contributed by atoms with Gasteiger partial charge in [0.1, 0.15) is 5.69 Å². The summed E-state index contributed by atoms with van der Waals surface area (Å²) in [4.78, 5) is 16.4. The standard InChI is InChI=1S/C11H13BrN4O2S/c1-18-3-2-16-10(8(12)5-14-16)9(17)4-7-6-19-11(13)15-7/h5-6H,2-4H2,1H3,(H2,13,15). The first kappa shape index (κ1) is 14.2. The predicted molar refractivity (Wildman–Crippen MR) is 76.4 cm³/mol. The van der Waals surface area contributed by atoms with Gasteiger partial charge in [0.2, 0.25) is 0 Å². The number of hydrogen-bond acceptors (Lipinski definition) is 6. The van der Waals surface area contributed by atoms with Gasteiger partial charge in [0.25, 0.3) is 0 Å². The fourth-order valence-electron chi connectivity index (χ4n) is 1.64. The number of anilines is 1. The fraction of sp³-hybridized carbons (Fsp3) is 0.364. The van der Waals surface area contributed by atoms with Crippen LogP contribution in [-0.4, -0.2) is 34.3 Å². The topological polar surface area (TPSA) is 83.0 Å². The van der Waals surface area contributed by atoms with Crippen LogP contribution in [-0.2, 0) is 17.7 Å². The number of carbonyl (C=O) groups excluding carboxylic acids is 1. The molecule has 0 aromatic carbocycles. The monoisotopic (exact) mass is 344 g/mol. The lowest BCUT2D eigenvalue weighted by molar-refractivity contribution is 0.0977. The summed E-state index contributed by atoms with van der Waals surface area (Å²) in [6.45, 7) is 1.03. The summed E-state index contributed by atoms with van der Waals surface area (Å²) in [6.07, 6.45) is 1.82. The number of nitrogen functional groups attached to an aromatic ring is 1. The van der Waals surface area contributed by atoms with Crippen molar-refractivity contribution < 1.29 is 9.53 Å². The van der Waals surface area contributed by atoms with Crippen LogP contribution >= 0.6 is 27.3 Å². The predicted octanol–water partition coefficient (Wildman–Crippen LogP) is 1.76. The lowest BCUT2D eigenvalue weighted by Gasteiger charge is -2.06. The van der Waals surface area contributed by atoms with Gasteiger partial charge in [-0.25, -0.2) is 4.98 Å². The molecule has 6 nitrogen and oxygen atoms in total. The minimum atomic E-state index is -0.0502. The number of ether oxygens (including phenoxy) is 1. The lowest BCUT2D eigenvalue weighted by Crippen LogP contribution is -2.15. The molecule has 2 N–H and O–H groups in total. The van der Waals surface area contributed by atoms with Crippen molar-refractivity contribution in [3.8, 4) is 0 Å². The molecule has 0 bridgehead atoms. The molecule has 2 aromatic heterocycles. The Balaban J connectivity index is 2.16. The highest BCUT2D eigenvalue weighted by atomic mass is 79.9. The summed E-state index contributed by atoms with van der Waals surface area (Å²) in [5, 5.41) is 6.40. The van der Waals surface area contributed by atoms with Gasteiger partial charge in [-0.3, -0.25) is 9.48 Å². The Labute approximate surface area is 122 Å². The maximum absolute atomic E-state index is 12.3. The number of halogens is 1. The first-order chi connectivity index (χ1) is 9.11. The van der Waals surface area contributed by atoms with Gasteiger partial charge in [0.15, 0.2) is 10.9 Å². The smallest absolute Gasteiger partial charge is 0.187 e. The van der Waals surface area contributed by atoms with Gasteiger partial charge in [0, 0.05) is 12.5 Å². The Morgan fingerprint density at radius 3 is 3.05 bits per heavy atom. The molecule has 102 valence electrons. The number of thiazole rings is 1. The van der Waals surface area contributed by atoms with E-state index in [1.807, 2.05) is 0 Å². The number of rotatable bonds is 6. The summed E-state index contributed by atoms with van der Waals surface area (Å²) in [5.74, 6) is -0.0502. The molecule has 0 fully saturated rings. The first-order valence-corrected chi connectivity index (χ1v) is 7.22. The Morgan fingerprint density at radius 2 is 2.42 bits per heavy atom. The quantitative estimate of drug-likeness (QED) is 0.807. The highest BCUT2D eigenvalue weighted by Crippen LogP contribution is 2.19. The molecular weight excluding hydrogens is 332 g/mol. The van der Waals surface area contributed by atoms with Crippen LogP contribution in [0.3, 0.4) is 0 Å². The van der Waals surface area contributed by atoms with Crippen molar-refractivity contribution >= 4 is 38.2 Å². The van der Waals surface area contributed by atoms with Crippen LogP contribution in [0.25, 0.3) is 0 Å². The second-order valence-electron chi connectivity index (χ2n) is 3.83. The van der Waals surface area contributed by atoms with E-state index in [1.54, 1.807) is 23.4 Å². The van der Waals surface area contributed by atoms with Crippen molar-refractivity contribution in [3.05, 3.63) is 27.4 Å². The van der Waals surface area contributed by atoms with Crippen LogP contribution < -0.4 is 5.73 Å². The number of Topliss-reactive ketones (excluding diaryl/α,β-unsaturated/α-hetero) is 1. The number of aromatic nitrogens is 3. The van der Waals surface area contributed by atoms with Gasteiger partial charge in [0.05, 0.1) is 35.9 Å². The Kier molecular flexibility index (Phi) is 4.67. The van der Waals surface area contributed by atoms with E-state index in [0.29, 0.717) is 34.1 Å². The fourth-order valence-corrected chi connectivity index (χ4v) is 2.72. The molecule has 0 saturated heterocycles. The van der Waals surface area contributed by atoms with Crippen LogP contribution in [0.2, 0.25) is 0 Å². The van der Waals surface area contributed by atoms with Crippen molar-refractivity contribution in [3.63, 3.8) is 0 Å². The third kappa shape index (κ3) is 3.40. The highest BCUT2D eigenvalue weighted by molar-refractivity contribution is 9.10. The van der Waals surface area contributed by atoms with Crippen molar-refractivity contribution in [2.24, 2.45) is 0 Å². The normalized spacial score (nSPS) is 10.8. The van der Waals surface area contributed by atoms with Crippen molar-refractivity contribution in [2.45, 2.75) is 13.0 Å². The molecule has 8 heteroatoms. The molecule has 0 saturated carbocycles. The zero-order valence-corrected chi connectivity index (χ0v) is 12.7. The molecule has 0 aliphatic rings. The van der Waals surface area contributed by atoms with E-state index in [-0.39, 0.29) is 12.2 Å². The average Bonchev–Trinajstić information content (AvgIpc) is 2.93. The largest absolute Gasteiger partial charge is 0.383 e. The van der Waals surface area contributed by atoms with Crippen LogP contribution in [0.15, 0.2) is 16.0 Å². The van der Waals surface area contributed by atoms with E-state index in [2.05, 4.69) is 26.0 Å². The Hall–Kier alpha value is -1.25. The van der Waals surface area contributed by atoms with Gasteiger partial charge < -0.3 is 10.5 Å². The van der Waals surface area contributed by atoms with E-state index in [1.165, 1.54) is 11.3 Å². The molecule has 2 heterocycles. The number of nitrogens with two attached hydrogens (primary N) is 1. The van der Waals surface area contributed by atoms with E-state index >= 15 is 0 Å². The third-order valence-corrected chi connectivity index (χ3v) is 3.78. The zero-order chi connectivity index (χ0) is 13.8. The summed E-state index contributed by atoms with van der Waals surface area (Å²) in [6, 6.07) is 0. The third-order valence-electron chi connectivity index (χ3n) is 2.48. The molecule has 2 aromatic rings. The molecule has 0 amide bonds. The van der Waals surface area contributed by atoms with Crippen molar-refractivity contribution in [1.29, 1.82) is 0 Å². The maximum atomic E-state index is 12.3. The minimum Gasteiger partial charge on any atom is -0.383 e. The summed E-state index contributed by atoms with van der Waals surface area (Å²) in [5.41, 5.74) is 6.76. The zero-order valence-electron chi connectivity index (χ0n) is 10.3. The molecule has 0 unspecified atom stereocenters. The summed E-state index contributed by atoms with van der Waals surface area (Å²) < 4.78 is 7.30.